The SMILES string of the molecule is CC(=O)O[C@@H]1C[C@@H]2[C@@]3(C)CC[C@H](O)CC3=CC[C@@]2(O)[C@@]2(O)CC[C@H](C(C)=O)[C@@]12C. The topological polar surface area (TPSA) is 104 Å². The lowest BCUT2D eigenvalue weighted by Crippen LogP contribution is -2.75. The number of ether oxygens (including phenoxy) is 1. The van der Waals surface area contributed by atoms with Crippen LogP contribution in [0.2, 0.25) is 0 Å². The van der Waals surface area contributed by atoms with Crippen LogP contribution < -0.4 is 0 Å². The summed E-state index contributed by atoms with van der Waals surface area (Å²) in [6, 6.07) is 0. The summed E-state index contributed by atoms with van der Waals surface area (Å²) in [6.45, 7) is 6.80. The summed E-state index contributed by atoms with van der Waals surface area (Å²) in [5.74, 6) is -1.25. The molecule has 4 aliphatic carbocycles. The number of hydrogen-bond acceptors (Lipinski definition) is 6. The van der Waals surface area contributed by atoms with Gasteiger partial charge in [-0.15, -0.1) is 0 Å². The minimum absolute atomic E-state index is 0.0401. The third-order valence-electron chi connectivity index (χ3n) is 9.23. The molecule has 0 spiro atoms. The van der Waals surface area contributed by atoms with Gasteiger partial charge in [-0.05, 0) is 57.3 Å². The molecule has 0 aromatic rings. The van der Waals surface area contributed by atoms with Gasteiger partial charge in [-0.25, -0.2) is 0 Å². The minimum atomic E-state index is -1.53. The summed E-state index contributed by atoms with van der Waals surface area (Å²) in [6.07, 6.45) is 4.39. The van der Waals surface area contributed by atoms with Gasteiger partial charge in [-0.1, -0.05) is 25.5 Å². The normalized spacial score (nSPS) is 51.3. The van der Waals surface area contributed by atoms with Crippen molar-refractivity contribution < 1.29 is 29.6 Å². The molecule has 0 unspecified atom stereocenters. The molecule has 4 aliphatic rings. The summed E-state index contributed by atoms with van der Waals surface area (Å²) in [7, 11) is 0. The molecule has 0 bridgehead atoms. The van der Waals surface area contributed by atoms with E-state index in [1.54, 1.807) is 0 Å². The summed E-state index contributed by atoms with van der Waals surface area (Å²) in [5, 5.41) is 34.4. The largest absolute Gasteiger partial charge is 0.462 e. The number of Topliss-reactive ketones (excluding diaryl/α,β-unsaturated/α-hetero) is 1. The average Bonchev–Trinajstić information content (AvgIpc) is 2.92. The smallest absolute Gasteiger partial charge is 0.302 e. The highest BCUT2D eigenvalue weighted by Gasteiger charge is 2.77. The zero-order valence-corrected chi connectivity index (χ0v) is 17.9. The molecule has 0 aliphatic heterocycles. The first-order valence-electron chi connectivity index (χ1n) is 10.9. The highest BCUT2D eigenvalue weighted by Crippen LogP contribution is 2.69. The number of ketones is 1. The van der Waals surface area contributed by atoms with Crippen LogP contribution in [-0.2, 0) is 14.3 Å². The van der Waals surface area contributed by atoms with Gasteiger partial charge in [-0.2, -0.15) is 0 Å². The van der Waals surface area contributed by atoms with E-state index in [1.807, 2.05) is 13.0 Å². The van der Waals surface area contributed by atoms with E-state index in [0.29, 0.717) is 44.9 Å². The molecule has 29 heavy (non-hydrogen) atoms. The molecule has 3 N–H and O–H groups in total. The van der Waals surface area contributed by atoms with E-state index in [0.717, 1.165) is 5.57 Å². The molecule has 4 rings (SSSR count). The molecular weight excluding hydrogens is 372 g/mol. The Morgan fingerprint density at radius 3 is 2.45 bits per heavy atom. The molecule has 0 aromatic carbocycles. The molecule has 0 heterocycles. The summed E-state index contributed by atoms with van der Waals surface area (Å²) >= 11 is 0. The van der Waals surface area contributed by atoms with Crippen molar-refractivity contribution in [3.05, 3.63) is 11.6 Å². The fourth-order valence-electron chi connectivity index (χ4n) is 7.63. The summed E-state index contributed by atoms with van der Waals surface area (Å²) in [5.41, 5.74) is -3.22. The molecular formula is C23H34O6. The maximum Gasteiger partial charge on any atom is 0.302 e. The van der Waals surface area contributed by atoms with Crippen molar-refractivity contribution in [1.29, 1.82) is 0 Å². The molecule has 0 radical (unpaired) electrons. The van der Waals surface area contributed by atoms with Gasteiger partial charge < -0.3 is 20.1 Å². The zero-order valence-electron chi connectivity index (χ0n) is 17.9. The van der Waals surface area contributed by atoms with Crippen LogP contribution in [0.3, 0.4) is 0 Å². The van der Waals surface area contributed by atoms with E-state index in [4.69, 9.17) is 4.74 Å². The van der Waals surface area contributed by atoms with Crippen LogP contribution >= 0.6 is 0 Å². The second-order valence-electron chi connectivity index (χ2n) is 10.4. The minimum Gasteiger partial charge on any atom is -0.462 e. The number of carbonyl (C=O) groups is 2. The number of aliphatic hydroxyl groups is 3. The van der Waals surface area contributed by atoms with Gasteiger partial charge in [0.1, 0.15) is 23.1 Å². The van der Waals surface area contributed by atoms with Gasteiger partial charge in [0.05, 0.1) is 6.10 Å². The predicted octanol–water partition coefficient (Wildman–Crippen LogP) is 2.29. The molecule has 0 aromatic heterocycles. The van der Waals surface area contributed by atoms with Gasteiger partial charge in [0.15, 0.2) is 0 Å². The fraction of sp³-hybridized carbons (Fsp3) is 0.826. The molecule has 6 nitrogen and oxygen atoms in total. The van der Waals surface area contributed by atoms with Crippen LogP contribution in [0.25, 0.3) is 0 Å². The number of aliphatic hydroxyl groups excluding tert-OH is 1. The highest BCUT2D eigenvalue weighted by molar-refractivity contribution is 5.80. The number of esters is 1. The van der Waals surface area contributed by atoms with Crippen molar-refractivity contribution in [2.75, 3.05) is 0 Å². The summed E-state index contributed by atoms with van der Waals surface area (Å²) in [4.78, 5) is 24.5. The Balaban J connectivity index is 1.87. The first kappa shape index (κ1) is 21.0. The third-order valence-corrected chi connectivity index (χ3v) is 9.23. The van der Waals surface area contributed by atoms with E-state index < -0.39 is 34.6 Å². The van der Waals surface area contributed by atoms with E-state index in [9.17, 15) is 24.9 Å². The Morgan fingerprint density at radius 1 is 1.14 bits per heavy atom. The molecule has 3 saturated carbocycles. The van der Waals surface area contributed by atoms with Crippen LogP contribution in [0, 0.1) is 22.7 Å². The second-order valence-corrected chi connectivity index (χ2v) is 10.4. The second kappa shape index (κ2) is 6.38. The number of carbonyl (C=O) groups excluding carboxylic acids is 2. The van der Waals surface area contributed by atoms with Crippen molar-refractivity contribution in [3.63, 3.8) is 0 Å². The average molecular weight is 407 g/mol. The van der Waals surface area contributed by atoms with Crippen molar-refractivity contribution in [2.24, 2.45) is 22.7 Å². The Morgan fingerprint density at radius 2 is 1.83 bits per heavy atom. The van der Waals surface area contributed by atoms with E-state index >= 15 is 0 Å². The lowest BCUT2D eigenvalue weighted by atomic mass is 9.43. The zero-order chi connectivity index (χ0) is 21.4. The third kappa shape index (κ3) is 2.52. The predicted molar refractivity (Wildman–Crippen MR) is 106 cm³/mol. The Hall–Kier alpha value is -1.24. The lowest BCUT2D eigenvalue weighted by molar-refractivity contribution is -0.299. The van der Waals surface area contributed by atoms with Gasteiger partial charge >= 0.3 is 5.97 Å². The molecule has 3 fully saturated rings. The van der Waals surface area contributed by atoms with Crippen LogP contribution in [0.1, 0.15) is 72.6 Å². The maximum absolute atomic E-state index is 12.5. The van der Waals surface area contributed by atoms with Crippen molar-refractivity contribution in [1.82, 2.24) is 0 Å². The molecule has 0 saturated heterocycles. The molecule has 8 atom stereocenters. The molecule has 6 heteroatoms. The van der Waals surface area contributed by atoms with Crippen molar-refractivity contribution in [2.45, 2.75) is 96.1 Å². The first-order chi connectivity index (χ1) is 13.4. The standard InChI is InChI=1S/C23H34O6/c1-13(24)17-7-10-23(28)21(17,4)19(29-14(2)25)12-18-20(3)8-6-16(26)11-15(20)5-9-22(18,23)27/h5,16-19,26-28H,6-12H2,1-4H3/t16-,17+,18+,19+,20-,21-,22-,23+/m0/s1. The monoisotopic (exact) mass is 406 g/mol. The Kier molecular flexibility index (Phi) is 4.62. The molecule has 162 valence electrons. The van der Waals surface area contributed by atoms with Crippen LogP contribution in [0.4, 0.5) is 0 Å². The number of rotatable bonds is 2. The quantitative estimate of drug-likeness (QED) is 0.480. The van der Waals surface area contributed by atoms with E-state index in [2.05, 4.69) is 6.92 Å². The Labute approximate surface area is 172 Å². The first-order valence-corrected chi connectivity index (χ1v) is 10.9. The van der Waals surface area contributed by atoms with Crippen LogP contribution in [0.15, 0.2) is 11.6 Å². The highest BCUT2D eigenvalue weighted by atomic mass is 16.5. The fourth-order valence-corrected chi connectivity index (χ4v) is 7.63. The van der Waals surface area contributed by atoms with Gasteiger partial charge in [0, 0.05) is 24.2 Å². The Bertz CT molecular complexity index is 775. The maximum atomic E-state index is 12.5. The van der Waals surface area contributed by atoms with Gasteiger partial charge in [0.25, 0.3) is 0 Å². The molecule has 0 amide bonds. The van der Waals surface area contributed by atoms with E-state index in [-0.39, 0.29) is 23.2 Å². The van der Waals surface area contributed by atoms with Gasteiger partial charge in [-0.3, -0.25) is 9.59 Å². The van der Waals surface area contributed by atoms with E-state index in [1.165, 1.54) is 13.8 Å². The summed E-state index contributed by atoms with van der Waals surface area (Å²) < 4.78 is 5.76. The lowest BCUT2D eigenvalue weighted by Gasteiger charge is -2.66. The van der Waals surface area contributed by atoms with Gasteiger partial charge in [0.2, 0.25) is 0 Å². The van der Waals surface area contributed by atoms with Crippen LogP contribution in [-0.4, -0.2) is 50.5 Å². The van der Waals surface area contributed by atoms with Crippen LogP contribution in [0.5, 0.6) is 0 Å². The number of hydrogen-bond donors (Lipinski definition) is 3. The number of fused-ring (bicyclic) bond motifs is 5. The van der Waals surface area contributed by atoms with Crippen molar-refractivity contribution in [3.8, 4) is 0 Å². The van der Waals surface area contributed by atoms with Crippen molar-refractivity contribution >= 4 is 11.8 Å².